The minimum Gasteiger partial charge on any atom is -0.377 e. The number of ether oxygens (including phenoxy) is 1. The summed E-state index contributed by atoms with van der Waals surface area (Å²) in [6, 6.07) is 0. The van der Waals surface area contributed by atoms with Gasteiger partial charge in [-0.2, -0.15) is 5.10 Å². The maximum Gasteiger partial charge on any atom is 0.260 e. The maximum absolute atomic E-state index is 12.1. The summed E-state index contributed by atoms with van der Waals surface area (Å²) in [5, 5.41) is 6.44. The van der Waals surface area contributed by atoms with Gasteiger partial charge in [-0.05, 0) is 19.8 Å². The fourth-order valence-electron chi connectivity index (χ4n) is 1.97. The molecular formula is C10H18N4O3S. The van der Waals surface area contributed by atoms with E-state index in [2.05, 4.69) is 14.9 Å². The minimum absolute atomic E-state index is 0.0134. The summed E-state index contributed by atoms with van der Waals surface area (Å²) >= 11 is 0. The highest BCUT2D eigenvalue weighted by molar-refractivity contribution is 7.89. The van der Waals surface area contributed by atoms with Crippen molar-refractivity contribution in [2.24, 2.45) is 5.73 Å². The second-order valence-corrected chi connectivity index (χ2v) is 6.01. The molecular weight excluding hydrogens is 256 g/mol. The van der Waals surface area contributed by atoms with Crippen LogP contribution in [0.5, 0.6) is 0 Å². The molecule has 1 atom stereocenters. The standard InChI is InChI=1S/C10H18N4O3S/c1-7-9(5-11)10(14-13-7)18(15,16)12-6-8-3-2-4-17-8/h8,12H,2-6,11H2,1H3,(H,13,14). The van der Waals surface area contributed by atoms with Gasteiger partial charge in [-0.3, -0.25) is 5.10 Å². The lowest BCUT2D eigenvalue weighted by Gasteiger charge is -2.10. The summed E-state index contributed by atoms with van der Waals surface area (Å²) in [4.78, 5) is 0. The number of rotatable bonds is 5. The number of aromatic nitrogens is 2. The molecule has 1 aliphatic heterocycles. The molecule has 2 heterocycles. The predicted molar refractivity (Wildman–Crippen MR) is 65.4 cm³/mol. The van der Waals surface area contributed by atoms with Crippen molar-refractivity contribution in [1.82, 2.24) is 14.9 Å². The average molecular weight is 274 g/mol. The van der Waals surface area contributed by atoms with Gasteiger partial charge >= 0.3 is 0 Å². The summed E-state index contributed by atoms with van der Waals surface area (Å²) in [6.07, 6.45) is 1.81. The van der Waals surface area contributed by atoms with Crippen LogP contribution in [0, 0.1) is 6.92 Å². The van der Waals surface area contributed by atoms with Gasteiger partial charge in [0.1, 0.15) is 0 Å². The van der Waals surface area contributed by atoms with Gasteiger partial charge in [0.2, 0.25) is 0 Å². The Morgan fingerprint density at radius 1 is 1.61 bits per heavy atom. The number of nitrogens with one attached hydrogen (secondary N) is 2. The quantitative estimate of drug-likeness (QED) is 0.679. The largest absolute Gasteiger partial charge is 0.377 e. The molecule has 8 heteroatoms. The molecule has 0 radical (unpaired) electrons. The van der Waals surface area contributed by atoms with Crippen LogP contribution in [-0.2, 0) is 21.3 Å². The van der Waals surface area contributed by atoms with Crippen molar-refractivity contribution in [2.75, 3.05) is 13.2 Å². The number of nitrogens with zero attached hydrogens (tertiary/aromatic N) is 1. The molecule has 0 spiro atoms. The zero-order valence-electron chi connectivity index (χ0n) is 10.3. The highest BCUT2D eigenvalue weighted by atomic mass is 32.2. The third-order valence-corrected chi connectivity index (χ3v) is 4.41. The van der Waals surface area contributed by atoms with E-state index in [1.807, 2.05) is 0 Å². The van der Waals surface area contributed by atoms with Crippen molar-refractivity contribution in [1.29, 1.82) is 0 Å². The predicted octanol–water partition coefficient (Wildman–Crippen LogP) is -0.366. The average Bonchev–Trinajstić information content (AvgIpc) is 2.95. The van der Waals surface area contributed by atoms with E-state index in [9.17, 15) is 8.42 Å². The van der Waals surface area contributed by atoms with Crippen LogP contribution in [0.15, 0.2) is 5.03 Å². The molecule has 1 aliphatic rings. The van der Waals surface area contributed by atoms with Gasteiger partial charge in [0.15, 0.2) is 5.03 Å². The number of aryl methyl sites for hydroxylation is 1. The van der Waals surface area contributed by atoms with Crippen molar-refractivity contribution < 1.29 is 13.2 Å². The van der Waals surface area contributed by atoms with E-state index in [-0.39, 0.29) is 24.2 Å². The van der Waals surface area contributed by atoms with Gasteiger partial charge in [0.25, 0.3) is 10.0 Å². The first kappa shape index (κ1) is 13.5. The number of nitrogens with two attached hydrogens (primary N) is 1. The van der Waals surface area contributed by atoms with Crippen LogP contribution in [0.3, 0.4) is 0 Å². The molecule has 0 bridgehead atoms. The van der Waals surface area contributed by atoms with Crippen molar-refractivity contribution in [3.8, 4) is 0 Å². The van der Waals surface area contributed by atoms with E-state index in [1.165, 1.54) is 0 Å². The van der Waals surface area contributed by atoms with E-state index in [4.69, 9.17) is 10.5 Å². The Morgan fingerprint density at radius 2 is 2.39 bits per heavy atom. The van der Waals surface area contributed by atoms with Crippen LogP contribution >= 0.6 is 0 Å². The molecule has 2 rings (SSSR count). The van der Waals surface area contributed by atoms with Crippen molar-refractivity contribution in [2.45, 2.75) is 37.4 Å². The molecule has 7 nitrogen and oxygen atoms in total. The molecule has 1 saturated heterocycles. The SMILES string of the molecule is Cc1[nH]nc(S(=O)(=O)NCC2CCCO2)c1CN. The minimum atomic E-state index is -3.62. The Kier molecular flexibility index (Phi) is 4.00. The molecule has 18 heavy (non-hydrogen) atoms. The van der Waals surface area contributed by atoms with Gasteiger partial charge in [0, 0.05) is 31.0 Å². The van der Waals surface area contributed by atoms with Gasteiger partial charge in [0.05, 0.1) is 6.10 Å². The lowest BCUT2D eigenvalue weighted by molar-refractivity contribution is 0.114. The van der Waals surface area contributed by atoms with Gasteiger partial charge in [-0.1, -0.05) is 0 Å². The second kappa shape index (κ2) is 5.35. The van der Waals surface area contributed by atoms with Crippen LogP contribution in [0.1, 0.15) is 24.1 Å². The Labute approximate surface area is 106 Å². The highest BCUT2D eigenvalue weighted by Crippen LogP contribution is 2.16. The number of sulfonamides is 1. The summed E-state index contributed by atoms with van der Waals surface area (Å²) in [6.45, 7) is 2.85. The van der Waals surface area contributed by atoms with E-state index in [1.54, 1.807) is 6.92 Å². The third-order valence-electron chi connectivity index (χ3n) is 3.02. The lowest BCUT2D eigenvalue weighted by atomic mass is 10.2. The summed E-state index contributed by atoms with van der Waals surface area (Å²) in [7, 11) is -3.62. The Bertz CT molecular complexity index is 505. The third kappa shape index (κ3) is 2.72. The fraction of sp³-hybridized carbons (Fsp3) is 0.700. The van der Waals surface area contributed by atoms with Crippen LogP contribution < -0.4 is 10.5 Å². The summed E-state index contributed by atoms with van der Waals surface area (Å²) in [5.41, 5.74) is 6.73. The van der Waals surface area contributed by atoms with Crippen LogP contribution in [-0.4, -0.2) is 37.9 Å². The van der Waals surface area contributed by atoms with Crippen LogP contribution in [0.25, 0.3) is 0 Å². The van der Waals surface area contributed by atoms with Crippen LogP contribution in [0.2, 0.25) is 0 Å². The number of H-pyrrole nitrogens is 1. The fourth-order valence-corrected chi connectivity index (χ4v) is 3.24. The van der Waals surface area contributed by atoms with Crippen molar-refractivity contribution >= 4 is 10.0 Å². The molecule has 1 unspecified atom stereocenters. The van der Waals surface area contributed by atoms with Gasteiger partial charge < -0.3 is 10.5 Å². The van der Waals surface area contributed by atoms with E-state index in [0.29, 0.717) is 17.9 Å². The Balaban J connectivity index is 2.09. The van der Waals surface area contributed by atoms with Crippen molar-refractivity contribution in [3.05, 3.63) is 11.3 Å². The molecule has 1 aromatic rings. The first-order valence-electron chi connectivity index (χ1n) is 5.90. The zero-order valence-corrected chi connectivity index (χ0v) is 11.1. The molecule has 0 saturated carbocycles. The van der Waals surface area contributed by atoms with E-state index in [0.717, 1.165) is 12.8 Å². The van der Waals surface area contributed by atoms with Crippen LogP contribution in [0.4, 0.5) is 0 Å². The molecule has 102 valence electrons. The number of aromatic amines is 1. The summed E-state index contributed by atoms with van der Waals surface area (Å²) in [5.74, 6) is 0. The van der Waals surface area contributed by atoms with Gasteiger partial charge in [-0.15, -0.1) is 0 Å². The van der Waals surface area contributed by atoms with Gasteiger partial charge in [-0.25, -0.2) is 13.1 Å². The van der Waals surface area contributed by atoms with E-state index >= 15 is 0 Å². The maximum atomic E-state index is 12.1. The number of hydrogen-bond acceptors (Lipinski definition) is 5. The molecule has 4 N–H and O–H groups in total. The van der Waals surface area contributed by atoms with E-state index < -0.39 is 10.0 Å². The first-order valence-corrected chi connectivity index (χ1v) is 7.38. The molecule has 0 aromatic carbocycles. The summed E-state index contributed by atoms with van der Waals surface area (Å²) < 4.78 is 32.0. The molecule has 1 fully saturated rings. The monoisotopic (exact) mass is 274 g/mol. The molecule has 1 aromatic heterocycles. The van der Waals surface area contributed by atoms with Crippen molar-refractivity contribution in [3.63, 3.8) is 0 Å². The zero-order chi connectivity index (χ0) is 13.2. The lowest BCUT2D eigenvalue weighted by Crippen LogP contribution is -2.32. The topological polar surface area (TPSA) is 110 Å². The molecule has 0 amide bonds. The highest BCUT2D eigenvalue weighted by Gasteiger charge is 2.25. The second-order valence-electron chi connectivity index (χ2n) is 4.32. The molecule has 0 aliphatic carbocycles. The normalized spacial score (nSPS) is 20.4. The Hall–Kier alpha value is -0.960. The number of hydrogen-bond donors (Lipinski definition) is 3. The first-order chi connectivity index (χ1) is 8.54. The Morgan fingerprint density at radius 3 is 3.00 bits per heavy atom. The smallest absolute Gasteiger partial charge is 0.260 e.